The average Bonchev–Trinajstić information content (AvgIpc) is 0.911. The summed E-state index contributed by atoms with van der Waals surface area (Å²) in [6.07, 6.45) is 62.8. The molecule has 0 amide bonds. The number of hydrogen-bond acceptors (Lipinski definition) is 15. The molecule has 0 saturated carbocycles. The summed E-state index contributed by atoms with van der Waals surface area (Å²) in [6, 6.07) is 0. The summed E-state index contributed by atoms with van der Waals surface area (Å²) < 4.78 is 68.7. The van der Waals surface area contributed by atoms with E-state index in [1.165, 1.54) is 238 Å². The highest BCUT2D eigenvalue weighted by molar-refractivity contribution is 7.47. The van der Waals surface area contributed by atoms with E-state index in [1.807, 2.05) is 0 Å². The minimum atomic E-state index is -4.97. The number of aliphatic hydroxyl groups is 1. The van der Waals surface area contributed by atoms with E-state index in [1.54, 1.807) is 0 Å². The van der Waals surface area contributed by atoms with Crippen molar-refractivity contribution in [2.45, 2.75) is 459 Å². The van der Waals surface area contributed by atoms with Crippen molar-refractivity contribution >= 4 is 39.5 Å². The zero-order valence-electron chi connectivity index (χ0n) is 68.7. The minimum absolute atomic E-state index is 0.103. The number of ether oxygens (including phenoxy) is 4. The maximum absolute atomic E-state index is 13.1. The number of phosphoric ester groups is 2. The topological polar surface area (TPSA) is 237 Å². The largest absolute Gasteiger partial charge is 0.472 e. The van der Waals surface area contributed by atoms with Gasteiger partial charge in [0.15, 0.2) is 12.2 Å². The number of rotatable bonds is 82. The van der Waals surface area contributed by atoms with Crippen LogP contribution in [0.3, 0.4) is 0 Å². The number of hydrogen-bond donors (Lipinski definition) is 3. The molecule has 618 valence electrons. The van der Waals surface area contributed by atoms with Crippen LogP contribution in [0.2, 0.25) is 0 Å². The van der Waals surface area contributed by atoms with E-state index in [0.29, 0.717) is 31.6 Å². The number of esters is 4. The maximum Gasteiger partial charge on any atom is 0.472 e. The molecular formula is C85H166O17P2. The van der Waals surface area contributed by atoms with Gasteiger partial charge in [-0.25, -0.2) is 9.13 Å². The molecule has 0 aliphatic heterocycles. The van der Waals surface area contributed by atoms with Crippen LogP contribution in [0.1, 0.15) is 441 Å². The first kappa shape index (κ1) is 102. The Kier molecular flexibility index (Phi) is 72.5. The highest BCUT2D eigenvalue weighted by atomic mass is 31.2. The van der Waals surface area contributed by atoms with Crippen LogP contribution in [0.25, 0.3) is 0 Å². The molecule has 0 heterocycles. The van der Waals surface area contributed by atoms with Crippen LogP contribution in [0.15, 0.2) is 0 Å². The molecule has 8 atom stereocenters. The lowest BCUT2D eigenvalue weighted by atomic mass is 9.99. The summed E-state index contributed by atoms with van der Waals surface area (Å²) in [4.78, 5) is 73.0. The summed E-state index contributed by atoms with van der Waals surface area (Å²) in [5.41, 5.74) is 0. The SMILES string of the molecule is CCC(C)CCCCCCCCCCCCCCCCCCCCC(=O)OC[C@H](COP(=O)(O)OC[C@@H](O)COP(=O)(O)OC[C@@H](COC(=O)CCCCCCCCC(C)CC)OC(=O)CCCCCCCCCC(C)C)OC(=O)CCCCCCCCCCCCCCCCCCCCC(C)CC. The van der Waals surface area contributed by atoms with Crippen LogP contribution in [-0.2, 0) is 65.4 Å². The van der Waals surface area contributed by atoms with E-state index < -0.39 is 97.5 Å². The van der Waals surface area contributed by atoms with Gasteiger partial charge in [0.2, 0.25) is 0 Å². The predicted octanol–water partition coefficient (Wildman–Crippen LogP) is 25.6. The van der Waals surface area contributed by atoms with Crippen LogP contribution in [-0.4, -0.2) is 96.7 Å². The van der Waals surface area contributed by atoms with Crippen molar-refractivity contribution in [1.82, 2.24) is 0 Å². The highest BCUT2D eigenvalue weighted by Gasteiger charge is 2.31. The highest BCUT2D eigenvalue weighted by Crippen LogP contribution is 2.45. The van der Waals surface area contributed by atoms with Crippen molar-refractivity contribution in [3.8, 4) is 0 Å². The van der Waals surface area contributed by atoms with Crippen molar-refractivity contribution in [1.29, 1.82) is 0 Å². The molecule has 0 fully saturated rings. The molecule has 0 rings (SSSR count). The molecule has 0 radical (unpaired) electrons. The predicted molar refractivity (Wildman–Crippen MR) is 428 cm³/mol. The van der Waals surface area contributed by atoms with Crippen LogP contribution in [0.4, 0.5) is 0 Å². The molecule has 104 heavy (non-hydrogen) atoms. The molecule has 0 aromatic carbocycles. The first-order chi connectivity index (χ1) is 50.2. The minimum Gasteiger partial charge on any atom is -0.462 e. The van der Waals surface area contributed by atoms with Gasteiger partial charge >= 0.3 is 39.5 Å². The lowest BCUT2D eigenvalue weighted by Crippen LogP contribution is -2.30. The summed E-state index contributed by atoms with van der Waals surface area (Å²) in [7, 11) is -9.92. The maximum atomic E-state index is 13.1. The number of aliphatic hydroxyl groups excluding tert-OH is 1. The fraction of sp³-hybridized carbons (Fsp3) is 0.953. The monoisotopic (exact) mass is 1520 g/mol. The molecule has 0 aromatic heterocycles. The lowest BCUT2D eigenvalue weighted by Gasteiger charge is -2.21. The smallest absolute Gasteiger partial charge is 0.462 e. The Morgan fingerprint density at radius 2 is 0.462 bits per heavy atom. The van der Waals surface area contributed by atoms with Crippen LogP contribution in [0, 0.1) is 23.7 Å². The van der Waals surface area contributed by atoms with Crippen molar-refractivity contribution in [2.24, 2.45) is 23.7 Å². The van der Waals surface area contributed by atoms with Crippen molar-refractivity contribution in [2.75, 3.05) is 39.6 Å². The van der Waals surface area contributed by atoms with Gasteiger partial charge in [-0.2, -0.15) is 0 Å². The first-order valence-corrected chi connectivity index (χ1v) is 46.8. The van der Waals surface area contributed by atoms with Crippen molar-refractivity contribution in [3.05, 3.63) is 0 Å². The molecule has 0 aliphatic rings. The van der Waals surface area contributed by atoms with E-state index >= 15 is 0 Å². The summed E-state index contributed by atoms with van der Waals surface area (Å²) >= 11 is 0. The second-order valence-corrected chi connectivity index (χ2v) is 34.7. The molecule has 0 aliphatic carbocycles. The Balaban J connectivity index is 5.18. The Morgan fingerprint density at radius 1 is 0.269 bits per heavy atom. The Morgan fingerprint density at radius 3 is 0.683 bits per heavy atom. The molecular weight excluding hydrogens is 1350 g/mol. The zero-order valence-corrected chi connectivity index (χ0v) is 70.5. The molecule has 0 aromatic rings. The van der Waals surface area contributed by atoms with Crippen molar-refractivity contribution in [3.63, 3.8) is 0 Å². The number of phosphoric acid groups is 2. The third-order valence-electron chi connectivity index (χ3n) is 20.9. The normalized spacial score (nSPS) is 14.7. The lowest BCUT2D eigenvalue weighted by molar-refractivity contribution is -0.161. The van der Waals surface area contributed by atoms with Gasteiger partial charge in [0, 0.05) is 25.7 Å². The summed E-state index contributed by atoms with van der Waals surface area (Å²) in [6.45, 7) is 14.3. The van der Waals surface area contributed by atoms with E-state index in [4.69, 9.17) is 37.0 Å². The second-order valence-electron chi connectivity index (χ2n) is 31.8. The van der Waals surface area contributed by atoms with Gasteiger partial charge in [-0.1, -0.05) is 389 Å². The second kappa shape index (κ2) is 73.8. The quantitative estimate of drug-likeness (QED) is 0.0222. The van der Waals surface area contributed by atoms with Crippen LogP contribution >= 0.6 is 15.6 Å². The fourth-order valence-electron chi connectivity index (χ4n) is 13.0. The van der Waals surface area contributed by atoms with E-state index in [9.17, 15) is 43.2 Å². The van der Waals surface area contributed by atoms with E-state index in [-0.39, 0.29) is 25.7 Å². The number of unbranched alkanes of at least 4 members (excludes halogenated alkanes) is 45. The van der Waals surface area contributed by atoms with E-state index in [0.717, 1.165) is 114 Å². The molecule has 3 N–H and O–H groups in total. The third-order valence-corrected chi connectivity index (χ3v) is 22.8. The van der Waals surface area contributed by atoms with Gasteiger partial charge in [0.1, 0.15) is 19.3 Å². The summed E-state index contributed by atoms with van der Waals surface area (Å²) in [5.74, 6) is 1.06. The molecule has 19 heteroatoms. The fourth-order valence-corrected chi connectivity index (χ4v) is 14.6. The van der Waals surface area contributed by atoms with Crippen LogP contribution < -0.4 is 0 Å². The van der Waals surface area contributed by atoms with Gasteiger partial charge in [-0.05, 0) is 49.4 Å². The summed E-state index contributed by atoms with van der Waals surface area (Å²) in [5, 5.41) is 10.6. The molecule has 0 bridgehead atoms. The van der Waals surface area contributed by atoms with Gasteiger partial charge < -0.3 is 33.8 Å². The van der Waals surface area contributed by atoms with E-state index in [2.05, 4.69) is 55.4 Å². The molecule has 17 nitrogen and oxygen atoms in total. The van der Waals surface area contributed by atoms with Crippen molar-refractivity contribution < 1.29 is 80.2 Å². The third kappa shape index (κ3) is 74.2. The van der Waals surface area contributed by atoms with Gasteiger partial charge in [-0.3, -0.25) is 37.3 Å². The zero-order chi connectivity index (χ0) is 76.7. The molecule has 0 saturated heterocycles. The van der Waals surface area contributed by atoms with Gasteiger partial charge in [0.05, 0.1) is 26.4 Å². The Hall–Kier alpha value is -1.94. The van der Waals surface area contributed by atoms with Gasteiger partial charge in [0.25, 0.3) is 0 Å². The Labute approximate surface area is 638 Å². The Bertz CT molecular complexity index is 2030. The standard InChI is InChI=1S/C85H166O17P2/c1-9-76(6)62-54-46-38-32-28-24-20-16-12-14-18-22-26-30-34-40-49-57-65-82(87)95-71-80(101-84(89)67-59-51-41-35-31-27-23-19-15-13-17-21-25-29-33-39-47-55-63-77(7)10-2)73-99-103(91,92)97-69-79(86)70-98-104(93,94)100-74-81(102-85(90)68-60-52-42-36-37-45-53-61-75(4)5)72-96-83(88)66-58-50-44-43-48-56-64-78(8)11-3/h75-81,86H,9-74H2,1-8H3,(H,91,92)(H,93,94)/t76?,77?,78?,79-,80-,81-/m1/s1. The first-order valence-electron chi connectivity index (χ1n) is 43.8. The van der Waals surface area contributed by atoms with Gasteiger partial charge in [-0.15, -0.1) is 0 Å². The molecule has 0 spiro atoms. The van der Waals surface area contributed by atoms with Crippen LogP contribution in [0.5, 0.6) is 0 Å². The number of carbonyl (C=O) groups excluding carboxylic acids is 4. The average molecular weight is 1520 g/mol. The number of carbonyl (C=O) groups is 4. The molecule has 5 unspecified atom stereocenters.